The minimum Gasteiger partial charge on any atom is -0.326 e. The number of amides is 2. The van der Waals surface area contributed by atoms with Crippen LogP contribution in [-0.4, -0.2) is 18.4 Å². The molecule has 2 aromatic rings. The van der Waals surface area contributed by atoms with Crippen molar-refractivity contribution in [2.24, 2.45) is 0 Å². The zero-order valence-corrected chi connectivity index (χ0v) is 16.2. The Morgan fingerprint density at radius 2 is 1.81 bits per heavy atom. The summed E-state index contributed by atoms with van der Waals surface area (Å²) in [4.78, 5) is 26.3. The Kier molecular flexibility index (Phi) is 6.73. The largest absolute Gasteiger partial charge is 0.326 e. The number of carbonyl (C=O) groups is 2. The minimum absolute atomic E-state index is 0.0858. The number of rotatable bonds is 6. The number of nitrogens with zero attached hydrogens (tertiary/aromatic N) is 2. The molecule has 0 spiro atoms. The zero-order chi connectivity index (χ0) is 20.0. The van der Waals surface area contributed by atoms with Gasteiger partial charge in [0.15, 0.2) is 0 Å². The van der Waals surface area contributed by atoms with Crippen LogP contribution in [-0.2, 0) is 9.59 Å². The van der Waals surface area contributed by atoms with E-state index in [1.54, 1.807) is 29.2 Å². The van der Waals surface area contributed by atoms with Crippen LogP contribution in [0.2, 0.25) is 0 Å². The standard InChI is InChI=1S/C22H25N3O2/c1-15(2)20-7-5-6-16(3)22(20)25(17(4)26)13-12-21(27)24-19-10-8-18(14-23)9-11-19/h5-11,15H,12-13H2,1-4H3,(H,24,27). The van der Waals surface area contributed by atoms with Gasteiger partial charge in [0.25, 0.3) is 0 Å². The summed E-state index contributed by atoms with van der Waals surface area (Å²) in [6.07, 6.45) is 0.186. The van der Waals surface area contributed by atoms with E-state index < -0.39 is 0 Å². The average Bonchev–Trinajstić information content (AvgIpc) is 2.63. The first-order valence-electron chi connectivity index (χ1n) is 9.01. The number of aryl methyl sites for hydroxylation is 1. The maximum atomic E-state index is 12.3. The first-order valence-corrected chi connectivity index (χ1v) is 9.01. The predicted molar refractivity (Wildman–Crippen MR) is 108 cm³/mol. The SMILES string of the molecule is CC(=O)N(CCC(=O)Nc1ccc(C#N)cc1)c1c(C)cccc1C(C)C. The molecule has 2 aromatic carbocycles. The summed E-state index contributed by atoms with van der Waals surface area (Å²) >= 11 is 0. The molecular weight excluding hydrogens is 338 g/mol. The maximum absolute atomic E-state index is 12.3. The van der Waals surface area contributed by atoms with Crippen LogP contribution in [0.3, 0.4) is 0 Å². The molecule has 1 N–H and O–H groups in total. The fourth-order valence-corrected chi connectivity index (χ4v) is 3.01. The summed E-state index contributed by atoms with van der Waals surface area (Å²) in [6, 6.07) is 14.7. The molecule has 0 saturated carbocycles. The average molecular weight is 363 g/mol. The van der Waals surface area contributed by atoms with E-state index in [0.717, 1.165) is 16.8 Å². The monoisotopic (exact) mass is 363 g/mol. The maximum Gasteiger partial charge on any atom is 0.226 e. The lowest BCUT2D eigenvalue weighted by Crippen LogP contribution is -2.33. The Morgan fingerprint density at radius 1 is 1.15 bits per heavy atom. The third-order valence-electron chi connectivity index (χ3n) is 4.40. The van der Waals surface area contributed by atoms with E-state index >= 15 is 0 Å². The smallest absolute Gasteiger partial charge is 0.226 e. The molecule has 0 saturated heterocycles. The summed E-state index contributed by atoms with van der Waals surface area (Å²) in [5, 5.41) is 11.6. The van der Waals surface area contributed by atoms with Crippen molar-refractivity contribution in [2.75, 3.05) is 16.8 Å². The van der Waals surface area contributed by atoms with E-state index in [0.29, 0.717) is 17.8 Å². The number of carbonyl (C=O) groups excluding carboxylic acids is 2. The zero-order valence-electron chi connectivity index (χ0n) is 16.2. The van der Waals surface area contributed by atoms with Crippen molar-refractivity contribution in [2.45, 2.75) is 40.0 Å². The van der Waals surface area contributed by atoms with E-state index in [4.69, 9.17) is 5.26 Å². The van der Waals surface area contributed by atoms with E-state index in [2.05, 4.69) is 19.2 Å². The van der Waals surface area contributed by atoms with Gasteiger partial charge in [0.1, 0.15) is 0 Å². The number of nitrogens with one attached hydrogen (secondary N) is 1. The van der Waals surface area contributed by atoms with Gasteiger partial charge in [0.2, 0.25) is 11.8 Å². The van der Waals surface area contributed by atoms with Crippen LogP contribution in [0.15, 0.2) is 42.5 Å². The molecule has 0 aliphatic heterocycles. The summed E-state index contributed by atoms with van der Waals surface area (Å²) in [5.74, 6) is 0.0113. The number of para-hydroxylation sites is 1. The molecule has 0 bridgehead atoms. The first kappa shape index (κ1) is 20.2. The van der Waals surface area contributed by atoms with Gasteiger partial charge in [0.05, 0.1) is 11.6 Å². The summed E-state index contributed by atoms with van der Waals surface area (Å²) in [6.45, 7) is 7.99. The number of benzene rings is 2. The minimum atomic E-state index is -0.175. The molecule has 0 aliphatic carbocycles. The van der Waals surface area contributed by atoms with Crippen LogP contribution in [0.25, 0.3) is 0 Å². The molecule has 0 radical (unpaired) electrons. The summed E-state index contributed by atoms with van der Waals surface area (Å²) in [7, 11) is 0. The molecule has 0 aromatic heterocycles. The fourth-order valence-electron chi connectivity index (χ4n) is 3.01. The Bertz CT molecular complexity index is 864. The predicted octanol–water partition coefficient (Wildman–Crippen LogP) is 4.37. The van der Waals surface area contributed by atoms with Gasteiger partial charge < -0.3 is 10.2 Å². The Hall–Kier alpha value is -3.13. The van der Waals surface area contributed by atoms with E-state index in [1.807, 2.05) is 31.2 Å². The highest BCUT2D eigenvalue weighted by molar-refractivity contribution is 5.96. The van der Waals surface area contributed by atoms with Crippen molar-refractivity contribution in [1.29, 1.82) is 5.26 Å². The molecule has 0 unspecified atom stereocenters. The number of nitriles is 1. The van der Waals surface area contributed by atoms with Gasteiger partial charge in [-0.15, -0.1) is 0 Å². The highest BCUT2D eigenvalue weighted by atomic mass is 16.2. The van der Waals surface area contributed by atoms with Crippen molar-refractivity contribution in [3.63, 3.8) is 0 Å². The lowest BCUT2D eigenvalue weighted by molar-refractivity contribution is -0.117. The quantitative estimate of drug-likeness (QED) is 0.828. The van der Waals surface area contributed by atoms with E-state index in [9.17, 15) is 9.59 Å². The lowest BCUT2D eigenvalue weighted by atomic mass is 9.97. The molecule has 0 aliphatic rings. The van der Waals surface area contributed by atoms with Crippen molar-refractivity contribution in [3.05, 3.63) is 59.2 Å². The molecule has 27 heavy (non-hydrogen) atoms. The van der Waals surface area contributed by atoms with E-state index in [-0.39, 0.29) is 24.2 Å². The van der Waals surface area contributed by atoms with Gasteiger partial charge >= 0.3 is 0 Å². The molecule has 140 valence electrons. The van der Waals surface area contributed by atoms with E-state index in [1.165, 1.54) is 6.92 Å². The third kappa shape index (κ3) is 5.18. The number of hydrogen-bond donors (Lipinski definition) is 1. The summed E-state index contributed by atoms with van der Waals surface area (Å²) in [5.41, 5.74) is 4.18. The van der Waals surface area contributed by atoms with Gasteiger partial charge in [-0.3, -0.25) is 9.59 Å². The van der Waals surface area contributed by atoms with Crippen LogP contribution in [0, 0.1) is 18.3 Å². The van der Waals surface area contributed by atoms with Crippen LogP contribution in [0.5, 0.6) is 0 Å². The van der Waals surface area contributed by atoms with Crippen LogP contribution in [0.4, 0.5) is 11.4 Å². The van der Waals surface area contributed by atoms with Crippen molar-refractivity contribution in [1.82, 2.24) is 0 Å². The molecular formula is C22H25N3O2. The van der Waals surface area contributed by atoms with Gasteiger partial charge in [0, 0.05) is 31.3 Å². The third-order valence-corrected chi connectivity index (χ3v) is 4.40. The first-order chi connectivity index (χ1) is 12.8. The normalized spacial score (nSPS) is 10.4. The molecule has 5 heteroatoms. The van der Waals surface area contributed by atoms with Crippen molar-refractivity contribution < 1.29 is 9.59 Å². The second-order valence-corrected chi connectivity index (χ2v) is 6.83. The highest BCUT2D eigenvalue weighted by Gasteiger charge is 2.20. The van der Waals surface area contributed by atoms with Crippen LogP contribution >= 0.6 is 0 Å². The second-order valence-electron chi connectivity index (χ2n) is 6.83. The van der Waals surface area contributed by atoms with Crippen molar-refractivity contribution in [3.8, 4) is 6.07 Å². The van der Waals surface area contributed by atoms with Gasteiger partial charge in [-0.25, -0.2) is 0 Å². The van der Waals surface area contributed by atoms with Gasteiger partial charge in [-0.2, -0.15) is 5.26 Å². The van der Waals surface area contributed by atoms with Crippen LogP contribution < -0.4 is 10.2 Å². The highest BCUT2D eigenvalue weighted by Crippen LogP contribution is 2.31. The molecule has 5 nitrogen and oxygen atoms in total. The fraction of sp³-hybridized carbons (Fsp3) is 0.318. The Balaban J connectivity index is 2.12. The molecule has 0 fully saturated rings. The molecule has 2 rings (SSSR count). The molecule has 2 amide bonds. The van der Waals surface area contributed by atoms with Crippen LogP contribution in [0.1, 0.15) is 49.8 Å². The van der Waals surface area contributed by atoms with Gasteiger partial charge in [-0.05, 0) is 48.2 Å². The lowest BCUT2D eigenvalue weighted by Gasteiger charge is -2.27. The molecule has 0 atom stereocenters. The topological polar surface area (TPSA) is 73.2 Å². The second kappa shape index (κ2) is 9.00. The number of hydrogen-bond acceptors (Lipinski definition) is 3. The Labute approximate surface area is 160 Å². The van der Waals surface area contributed by atoms with Gasteiger partial charge in [-0.1, -0.05) is 32.0 Å². The summed E-state index contributed by atoms with van der Waals surface area (Å²) < 4.78 is 0. The Morgan fingerprint density at radius 3 is 2.37 bits per heavy atom. The number of anilines is 2. The molecule has 0 heterocycles. The van der Waals surface area contributed by atoms with Crippen molar-refractivity contribution >= 4 is 23.2 Å².